The molecule has 14 heavy (non-hydrogen) atoms. The predicted molar refractivity (Wildman–Crippen MR) is 50.1 cm³/mol. The largest absolute Gasteiger partial charge is 0.390 e. The van der Waals surface area contributed by atoms with Crippen LogP contribution in [0.1, 0.15) is 24.5 Å². The molecule has 1 fully saturated rings. The van der Waals surface area contributed by atoms with Gasteiger partial charge in [0.2, 0.25) is 0 Å². The van der Waals surface area contributed by atoms with E-state index in [2.05, 4.69) is 0 Å². The molecule has 2 rings (SSSR count). The number of hydrogen-bond acceptors (Lipinski definition) is 2. The molecule has 0 radical (unpaired) electrons. The van der Waals surface area contributed by atoms with Gasteiger partial charge in [0.05, 0.1) is 6.10 Å². The molecule has 0 bridgehead atoms. The van der Waals surface area contributed by atoms with Gasteiger partial charge in [-0.05, 0) is 36.5 Å². The third-order valence-corrected chi connectivity index (χ3v) is 2.62. The molecule has 0 amide bonds. The molecule has 1 aliphatic carbocycles. The minimum Gasteiger partial charge on any atom is -0.390 e. The lowest BCUT2D eigenvalue weighted by Crippen LogP contribution is -2.20. The van der Waals surface area contributed by atoms with Crippen molar-refractivity contribution in [2.45, 2.75) is 25.0 Å². The van der Waals surface area contributed by atoms with Crippen molar-refractivity contribution in [3.8, 4) is 0 Å². The summed E-state index contributed by atoms with van der Waals surface area (Å²) in [6, 6.07) is 5.74. The normalized spacial score (nSPS) is 20.5. The molecule has 3 heteroatoms. The van der Waals surface area contributed by atoms with Gasteiger partial charge in [-0.3, -0.25) is 0 Å². The Morgan fingerprint density at radius 3 is 2.57 bits per heavy atom. The third kappa shape index (κ3) is 1.94. The first-order chi connectivity index (χ1) is 6.68. The SMILES string of the molecule is OC(c1cccc(F)c1)C(O)C1CC1. The van der Waals surface area contributed by atoms with Crippen molar-refractivity contribution in [2.75, 3.05) is 0 Å². The van der Waals surface area contributed by atoms with Crippen LogP contribution in [-0.2, 0) is 0 Å². The molecular weight excluding hydrogens is 183 g/mol. The summed E-state index contributed by atoms with van der Waals surface area (Å²) in [5, 5.41) is 19.3. The highest BCUT2D eigenvalue weighted by Crippen LogP contribution is 2.37. The fraction of sp³-hybridized carbons (Fsp3) is 0.455. The van der Waals surface area contributed by atoms with Crippen LogP contribution in [0.4, 0.5) is 4.39 Å². The van der Waals surface area contributed by atoms with Crippen LogP contribution in [0.25, 0.3) is 0 Å². The van der Waals surface area contributed by atoms with Crippen LogP contribution in [0.15, 0.2) is 24.3 Å². The monoisotopic (exact) mass is 196 g/mol. The minimum atomic E-state index is -0.960. The molecule has 2 atom stereocenters. The fourth-order valence-electron chi connectivity index (χ4n) is 1.58. The second kappa shape index (κ2) is 3.67. The van der Waals surface area contributed by atoms with E-state index in [0.717, 1.165) is 12.8 Å². The van der Waals surface area contributed by atoms with Gasteiger partial charge in [0.1, 0.15) is 11.9 Å². The van der Waals surface area contributed by atoms with Crippen molar-refractivity contribution in [1.29, 1.82) is 0 Å². The lowest BCUT2D eigenvalue weighted by Gasteiger charge is -2.17. The Morgan fingerprint density at radius 2 is 2.00 bits per heavy atom. The summed E-state index contributed by atoms with van der Waals surface area (Å²) in [5.41, 5.74) is 0.449. The van der Waals surface area contributed by atoms with Gasteiger partial charge in [0.15, 0.2) is 0 Å². The van der Waals surface area contributed by atoms with Crippen LogP contribution in [0.3, 0.4) is 0 Å². The van der Waals surface area contributed by atoms with Crippen molar-refractivity contribution in [3.05, 3.63) is 35.6 Å². The van der Waals surface area contributed by atoms with E-state index in [1.165, 1.54) is 18.2 Å². The maximum atomic E-state index is 12.8. The average molecular weight is 196 g/mol. The molecule has 1 saturated carbocycles. The van der Waals surface area contributed by atoms with Gasteiger partial charge >= 0.3 is 0 Å². The molecule has 0 saturated heterocycles. The highest BCUT2D eigenvalue weighted by atomic mass is 19.1. The van der Waals surface area contributed by atoms with Gasteiger partial charge in [0.25, 0.3) is 0 Å². The zero-order valence-electron chi connectivity index (χ0n) is 7.73. The zero-order chi connectivity index (χ0) is 10.1. The average Bonchev–Trinajstić information content (AvgIpc) is 2.99. The molecule has 2 nitrogen and oxygen atoms in total. The number of halogens is 1. The minimum absolute atomic E-state index is 0.188. The number of benzene rings is 1. The first-order valence-corrected chi connectivity index (χ1v) is 4.80. The van der Waals surface area contributed by atoms with E-state index in [-0.39, 0.29) is 11.7 Å². The molecule has 0 aromatic heterocycles. The Labute approximate surface area is 82.0 Å². The van der Waals surface area contributed by atoms with Crippen LogP contribution in [0, 0.1) is 11.7 Å². The predicted octanol–water partition coefficient (Wildman–Crippen LogP) is 1.63. The summed E-state index contributed by atoms with van der Waals surface area (Å²) in [7, 11) is 0. The lowest BCUT2D eigenvalue weighted by molar-refractivity contribution is 0.00470. The fourth-order valence-corrected chi connectivity index (χ4v) is 1.58. The number of rotatable bonds is 3. The summed E-state index contributed by atoms with van der Waals surface area (Å²) in [4.78, 5) is 0. The Kier molecular flexibility index (Phi) is 2.52. The van der Waals surface area contributed by atoms with Crippen molar-refractivity contribution >= 4 is 0 Å². The van der Waals surface area contributed by atoms with E-state index < -0.39 is 12.2 Å². The molecular formula is C11H13FO2. The van der Waals surface area contributed by atoms with E-state index in [4.69, 9.17) is 0 Å². The maximum Gasteiger partial charge on any atom is 0.123 e. The second-order valence-corrected chi connectivity index (χ2v) is 3.83. The van der Waals surface area contributed by atoms with Crippen molar-refractivity contribution in [2.24, 2.45) is 5.92 Å². The molecule has 76 valence electrons. The molecule has 1 aromatic rings. The van der Waals surface area contributed by atoms with Crippen LogP contribution >= 0.6 is 0 Å². The van der Waals surface area contributed by atoms with Gasteiger partial charge < -0.3 is 10.2 Å². The highest BCUT2D eigenvalue weighted by molar-refractivity contribution is 5.20. The number of aliphatic hydroxyl groups excluding tert-OH is 2. The van der Waals surface area contributed by atoms with Crippen molar-refractivity contribution < 1.29 is 14.6 Å². The molecule has 1 aromatic carbocycles. The molecule has 0 spiro atoms. The van der Waals surface area contributed by atoms with Gasteiger partial charge in [-0.2, -0.15) is 0 Å². The summed E-state index contributed by atoms with van der Waals surface area (Å²) >= 11 is 0. The van der Waals surface area contributed by atoms with E-state index in [0.29, 0.717) is 5.56 Å². The van der Waals surface area contributed by atoms with Crippen molar-refractivity contribution in [3.63, 3.8) is 0 Å². The van der Waals surface area contributed by atoms with E-state index in [1.54, 1.807) is 6.07 Å². The maximum absolute atomic E-state index is 12.8. The van der Waals surface area contributed by atoms with E-state index in [9.17, 15) is 14.6 Å². The zero-order valence-corrected chi connectivity index (χ0v) is 7.73. The first kappa shape index (κ1) is 9.62. The Hall–Kier alpha value is -0.930. The number of hydrogen-bond donors (Lipinski definition) is 2. The van der Waals surface area contributed by atoms with Crippen LogP contribution in [0.5, 0.6) is 0 Å². The van der Waals surface area contributed by atoms with E-state index in [1.807, 2.05) is 0 Å². The molecule has 0 heterocycles. The standard InChI is InChI=1S/C11H13FO2/c12-9-3-1-2-8(6-9)11(14)10(13)7-4-5-7/h1-3,6-7,10-11,13-14H,4-5H2. The second-order valence-electron chi connectivity index (χ2n) is 3.83. The smallest absolute Gasteiger partial charge is 0.123 e. The third-order valence-electron chi connectivity index (χ3n) is 2.62. The Bertz CT molecular complexity index is 323. The molecule has 2 unspecified atom stereocenters. The molecule has 1 aliphatic rings. The quantitative estimate of drug-likeness (QED) is 0.771. The van der Waals surface area contributed by atoms with Gasteiger partial charge in [0, 0.05) is 0 Å². The summed E-state index contributed by atoms with van der Waals surface area (Å²) in [6.45, 7) is 0. The summed E-state index contributed by atoms with van der Waals surface area (Å²) in [6.07, 6.45) is 0.191. The Morgan fingerprint density at radius 1 is 1.29 bits per heavy atom. The van der Waals surface area contributed by atoms with Crippen LogP contribution in [0.2, 0.25) is 0 Å². The summed E-state index contributed by atoms with van der Waals surface area (Å²) < 4.78 is 12.8. The topological polar surface area (TPSA) is 40.5 Å². The van der Waals surface area contributed by atoms with E-state index >= 15 is 0 Å². The molecule has 2 N–H and O–H groups in total. The Balaban J connectivity index is 2.13. The van der Waals surface area contributed by atoms with Crippen LogP contribution in [-0.4, -0.2) is 16.3 Å². The number of aliphatic hydroxyl groups is 2. The van der Waals surface area contributed by atoms with Crippen molar-refractivity contribution in [1.82, 2.24) is 0 Å². The van der Waals surface area contributed by atoms with Gasteiger partial charge in [-0.1, -0.05) is 12.1 Å². The first-order valence-electron chi connectivity index (χ1n) is 4.80. The lowest BCUT2D eigenvalue weighted by atomic mass is 10.0. The molecule has 0 aliphatic heterocycles. The van der Waals surface area contributed by atoms with Gasteiger partial charge in [-0.15, -0.1) is 0 Å². The highest BCUT2D eigenvalue weighted by Gasteiger charge is 2.35. The van der Waals surface area contributed by atoms with Gasteiger partial charge in [-0.25, -0.2) is 4.39 Å². The summed E-state index contributed by atoms with van der Waals surface area (Å²) in [5.74, 6) is -0.196. The van der Waals surface area contributed by atoms with Crippen LogP contribution < -0.4 is 0 Å².